The molecule has 0 fully saturated rings. The summed E-state index contributed by atoms with van der Waals surface area (Å²) in [4.78, 5) is 23.7. The van der Waals surface area contributed by atoms with E-state index in [2.05, 4.69) is 20.3 Å². The fourth-order valence-corrected chi connectivity index (χ4v) is 1.99. The largest absolute Gasteiger partial charge is 0.436 e. The molecule has 0 radical (unpaired) electrons. The van der Waals surface area contributed by atoms with Crippen LogP contribution in [0.4, 0.5) is 18.9 Å². The van der Waals surface area contributed by atoms with Crippen LogP contribution in [0, 0.1) is 0 Å². The zero-order valence-electron chi connectivity index (χ0n) is 13.1. The molecule has 0 bridgehead atoms. The standard InChI is InChI=1S/C17H11F3N4O2/c18-17(19,20)12-3-1-11(2-4-12)16(25)24-13-5-6-15(23-7-13)26-14-8-21-10-22-9-14/h1-10H,(H,24,25). The van der Waals surface area contributed by atoms with E-state index >= 15 is 0 Å². The molecule has 1 N–H and O–H groups in total. The first kappa shape index (κ1) is 17.3. The van der Waals surface area contributed by atoms with E-state index in [1.165, 1.54) is 31.0 Å². The molecule has 0 atom stereocenters. The highest BCUT2D eigenvalue weighted by Crippen LogP contribution is 2.29. The number of nitrogens with zero attached hydrogens (tertiary/aromatic N) is 3. The van der Waals surface area contributed by atoms with E-state index in [1.807, 2.05) is 0 Å². The molecular formula is C17H11F3N4O2. The van der Waals surface area contributed by atoms with Crippen molar-refractivity contribution in [1.82, 2.24) is 15.0 Å². The summed E-state index contributed by atoms with van der Waals surface area (Å²) in [5, 5.41) is 2.54. The van der Waals surface area contributed by atoms with Gasteiger partial charge in [0.1, 0.15) is 6.33 Å². The molecule has 3 aromatic rings. The van der Waals surface area contributed by atoms with Gasteiger partial charge < -0.3 is 10.1 Å². The lowest BCUT2D eigenvalue weighted by molar-refractivity contribution is -0.137. The van der Waals surface area contributed by atoms with Crippen molar-refractivity contribution in [1.29, 1.82) is 0 Å². The number of rotatable bonds is 4. The highest BCUT2D eigenvalue weighted by Gasteiger charge is 2.30. The van der Waals surface area contributed by atoms with Gasteiger partial charge in [-0.3, -0.25) is 4.79 Å². The number of benzene rings is 1. The van der Waals surface area contributed by atoms with Crippen molar-refractivity contribution >= 4 is 11.6 Å². The Morgan fingerprint density at radius 1 is 0.962 bits per heavy atom. The molecule has 0 spiro atoms. The molecule has 9 heteroatoms. The van der Waals surface area contributed by atoms with Crippen LogP contribution in [-0.4, -0.2) is 20.9 Å². The third-order valence-electron chi connectivity index (χ3n) is 3.23. The number of aromatic nitrogens is 3. The van der Waals surface area contributed by atoms with Crippen LogP contribution in [0.1, 0.15) is 15.9 Å². The Kier molecular flexibility index (Phi) is 4.78. The number of nitrogens with one attached hydrogen (secondary N) is 1. The van der Waals surface area contributed by atoms with Crippen LogP contribution in [0.2, 0.25) is 0 Å². The molecule has 132 valence electrons. The van der Waals surface area contributed by atoms with Gasteiger partial charge in [-0.2, -0.15) is 13.2 Å². The first-order chi connectivity index (χ1) is 12.4. The molecule has 3 rings (SSSR count). The number of carbonyl (C=O) groups excluding carboxylic acids is 1. The van der Waals surface area contributed by atoms with Crippen molar-refractivity contribution in [3.05, 3.63) is 72.4 Å². The molecule has 1 aromatic carbocycles. The number of alkyl halides is 3. The summed E-state index contributed by atoms with van der Waals surface area (Å²) >= 11 is 0. The van der Waals surface area contributed by atoms with E-state index in [-0.39, 0.29) is 11.4 Å². The van der Waals surface area contributed by atoms with Gasteiger partial charge in [0.05, 0.1) is 29.8 Å². The Bertz CT molecular complexity index is 883. The monoisotopic (exact) mass is 360 g/mol. The smallest absolute Gasteiger partial charge is 0.416 e. The minimum absolute atomic E-state index is 0.0970. The van der Waals surface area contributed by atoms with Crippen molar-refractivity contribution in [2.75, 3.05) is 5.32 Å². The predicted octanol–water partition coefficient (Wildman–Crippen LogP) is 3.94. The molecule has 0 saturated heterocycles. The van der Waals surface area contributed by atoms with Gasteiger partial charge in [-0.15, -0.1) is 0 Å². The van der Waals surface area contributed by atoms with Gasteiger partial charge in [0.25, 0.3) is 5.91 Å². The van der Waals surface area contributed by atoms with Gasteiger partial charge in [0.2, 0.25) is 5.88 Å². The van der Waals surface area contributed by atoms with Crippen molar-refractivity contribution in [2.45, 2.75) is 6.18 Å². The number of carbonyl (C=O) groups is 1. The number of pyridine rings is 1. The quantitative estimate of drug-likeness (QED) is 0.763. The fraction of sp³-hybridized carbons (Fsp3) is 0.0588. The number of halogens is 3. The van der Waals surface area contributed by atoms with Crippen molar-refractivity contribution in [3.63, 3.8) is 0 Å². The molecule has 26 heavy (non-hydrogen) atoms. The third-order valence-corrected chi connectivity index (χ3v) is 3.23. The van der Waals surface area contributed by atoms with E-state index in [1.54, 1.807) is 6.07 Å². The first-order valence-electron chi connectivity index (χ1n) is 7.29. The van der Waals surface area contributed by atoms with Crippen molar-refractivity contribution < 1.29 is 22.7 Å². The lowest BCUT2D eigenvalue weighted by atomic mass is 10.1. The summed E-state index contributed by atoms with van der Waals surface area (Å²) in [6, 6.07) is 7.00. The average Bonchev–Trinajstić information content (AvgIpc) is 2.63. The van der Waals surface area contributed by atoms with E-state index in [9.17, 15) is 18.0 Å². The minimum Gasteiger partial charge on any atom is -0.436 e. The van der Waals surface area contributed by atoms with E-state index in [0.29, 0.717) is 11.4 Å². The van der Waals surface area contributed by atoms with Gasteiger partial charge in [-0.25, -0.2) is 15.0 Å². The minimum atomic E-state index is -4.45. The second-order valence-corrected chi connectivity index (χ2v) is 5.09. The predicted molar refractivity (Wildman–Crippen MR) is 85.7 cm³/mol. The number of hydrogen-bond acceptors (Lipinski definition) is 5. The molecule has 0 saturated carbocycles. The summed E-state index contributed by atoms with van der Waals surface area (Å²) in [5.41, 5.74) is -0.353. The number of anilines is 1. The molecule has 0 unspecified atom stereocenters. The van der Waals surface area contributed by atoms with E-state index in [4.69, 9.17) is 4.74 Å². The van der Waals surface area contributed by atoms with Crippen LogP contribution in [0.15, 0.2) is 61.3 Å². The normalized spacial score (nSPS) is 11.0. The van der Waals surface area contributed by atoms with Crippen LogP contribution >= 0.6 is 0 Å². The van der Waals surface area contributed by atoms with Gasteiger partial charge in [-0.05, 0) is 30.3 Å². The first-order valence-corrected chi connectivity index (χ1v) is 7.29. The molecule has 0 aliphatic carbocycles. The molecule has 1 amide bonds. The Labute approximate surface area is 145 Å². The summed E-state index contributed by atoms with van der Waals surface area (Å²) in [6.07, 6.45) is 1.21. The maximum atomic E-state index is 12.5. The molecule has 2 heterocycles. The SMILES string of the molecule is O=C(Nc1ccc(Oc2cncnc2)nc1)c1ccc(C(F)(F)F)cc1. The van der Waals surface area contributed by atoms with Gasteiger partial charge >= 0.3 is 6.18 Å². The van der Waals surface area contributed by atoms with Crippen molar-refractivity contribution in [2.24, 2.45) is 0 Å². The maximum absolute atomic E-state index is 12.5. The summed E-state index contributed by atoms with van der Waals surface area (Å²) < 4.78 is 43.0. The average molecular weight is 360 g/mol. The summed E-state index contributed by atoms with van der Waals surface area (Å²) in [5.74, 6) is 0.125. The lowest BCUT2D eigenvalue weighted by Gasteiger charge is -2.09. The lowest BCUT2D eigenvalue weighted by Crippen LogP contribution is -2.13. The van der Waals surface area contributed by atoms with Crippen LogP contribution in [-0.2, 0) is 6.18 Å². The number of hydrogen-bond donors (Lipinski definition) is 1. The van der Waals surface area contributed by atoms with Crippen molar-refractivity contribution in [3.8, 4) is 11.6 Å². The summed E-state index contributed by atoms with van der Waals surface area (Å²) in [6.45, 7) is 0. The molecule has 0 aliphatic rings. The Morgan fingerprint density at radius 3 is 2.23 bits per heavy atom. The van der Waals surface area contributed by atoms with Crippen LogP contribution in [0.5, 0.6) is 11.6 Å². The van der Waals surface area contributed by atoms with E-state index in [0.717, 1.165) is 24.3 Å². The Hall–Kier alpha value is -3.49. The zero-order valence-corrected chi connectivity index (χ0v) is 13.1. The summed E-state index contributed by atoms with van der Waals surface area (Å²) in [7, 11) is 0. The van der Waals surface area contributed by atoms with Gasteiger partial charge in [-0.1, -0.05) is 0 Å². The number of amides is 1. The molecule has 0 aliphatic heterocycles. The molecular weight excluding hydrogens is 349 g/mol. The molecule has 6 nitrogen and oxygen atoms in total. The van der Waals surface area contributed by atoms with Crippen LogP contribution < -0.4 is 10.1 Å². The van der Waals surface area contributed by atoms with Gasteiger partial charge in [0, 0.05) is 11.6 Å². The highest BCUT2D eigenvalue weighted by atomic mass is 19.4. The highest BCUT2D eigenvalue weighted by molar-refractivity contribution is 6.04. The maximum Gasteiger partial charge on any atom is 0.416 e. The zero-order chi connectivity index (χ0) is 18.6. The third kappa shape index (κ3) is 4.32. The van der Waals surface area contributed by atoms with Gasteiger partial charge in [0.15, 0.2) is 5.75 Å². The second kappa shape index (κ2) is 7.18. The van der Waals surface area contributed by atoms with Crippen LogP contribution in [0.3, 0.4) is 0 Å². The number of ether oxygens (including phenoxy) is 1. The fourth-order valence-electron chi connectivity index (χ4n) is 1.99. The molecule has 2 aromatic heterocycles. The van der Waals surface area contributed by atoms with Crippen LogP contribution in [0.25, 0.3) is 0 Å². The van der Waals surface area contributed by atoms with E-state index < -0.39 is 17.6 Å². The Morgan fingerprint density at radius 2 is 1.65 bits per heavy atom. The Balaban J connectivity index is 1.64. The topological polar surface area (TPSA) is 77.0 Å². The second-order valence-electron chi connectivity index (χ2n) is 5.09.